The number of hydrogen-bond acceptors (Lipinski definition) is 2. The molecule has 2 rings (SSSR count). The Kier molecular flexibility index (Phi) is 4.93. The fourth-order valence-electron chi connectivity index (χ4n) is 2.40. The summed E-state index contributed by atoms with van der Waals surface area (Å²) in [6, 6.07) is 10.3. The van der Waals surface area contributed by atoms with Crippen molar-refractivity contribution in [2.45, 2.75) is 11.8 Å². The first-order chi connectivity index (χ1) is 9.99. The van der Waals surface area contributed by atoms with Gasteiger partial charge in [-0.3, -0.25) is 0 Å². The molecule has 5 heteroatoms. The molecule has 112 valence electrons. The summed E-state index contributed by atoms with van der Waals surface area (Å²) in [4.78, 5) is 0. The highest BCUT2D eigenvalue weighted by atomic mass is 35.5. The Hall–Kier alpha value is -1.49. The van der Waals surface area contributed by atoms with Gasteiger partial charge in [0.05, 0.1) is 6.61 Å². The molecule has 2 aromatic rings. The molecule has 0 aromatic heterocycles. The predicted octanol–water partition coefficient (Wildman–Crippen LogP) is 3.05. The first kappa shape index (κ1) is 15.9. The van der Waals surface area contributed by atoms with Gasteiger partial charge in [0.15, 0.2) is 0 Å². The second-order valence-corrected chi connectivity index (χ2v) is 5.54. The zero-order valence-corrected chi connectivity index (χ0v) is 12.1. The Morgan fingerprint density at radius 3 is 2.29 bits per heavy atom. The van der Waals surface area contributed by atoms with Crippen molar-refractivity contribution in [3.05, 3.63) is 70.2 Å². The minimum absolute atomic E-state index is 0.0545. The second kappa shape index (κ2) is 6.52. The molecule has 0 aliphatic heterocycles. The van der Waals surface area contributed by atoms with E-state index in [0.29, 0.717) is 17.0 Å². The van der Waals surface area contributed by atoms with E-state index in [4.69, 9.17) is 17.3 Å². The number of rotatable bonds is 5. The molecule has 0 spiro atoms. The molecule has 21 heavy (non-hydrogen) atoms. The third kappa shape index (κ3) is 3.59. The molecule has 3 N–H and O–H groups in total. The number of aliphatic hydroxyl groups is 1. The van der Waals surface area contributed by atoms with Crippen LogP contribution in [-0.2, 0) is 11.8 Å². The first-order valence-corrected chi connectivity index (χ1v) is 6.89. The van der Waals surface area contributed by atoms with Crippen LogP contribution in [0.5, 0.6) is 0 Å². The second-order valence-electron chi connectivity index (χ2n) is 5.11. The average molecular weight is 312 g/mol. The SMILES string of the molecule is NCC(CO)(Cc1cccc(Cl)c1)c1cc(F)cc(F)c1. The van der Waals surface area contributed by atoms with Crippen LogP contribution in [0.3, 0.4) is 0 Å². The van der Waals surface area contributed by atoms with E-state index in [1.165, 1.54) is 12.1 Å². The molecule has 0 fully saturated rings. The van der Waals surface area contributed by atoms with E-state index in [0.717, 1.165) is 11.6 Å². The topological polar surface area (TPSA) is 46.2 Å². The van der Waals surface area contributed by atoms with Crippen LogP contribution in [0.15, 0.2) is 42.5 Å². The predicted molar refractivity (Wildman–Crippen MR) is 79.3 cm³/mol. The maximum atomic E-state index is 13.5. The monoisotopic (exact) mass is 311 g/mol. The van der Waals surface area contributed by atoms with Gasteiger partial charge in [-0.2, -0.15) is 0 Å². The summed E-state index contributed by atoms with van der Waals surface area (Å²) in [5.74, 6) is -1.38. The first-order valence-electron chi connectivity index (χ1n) is 6.51. The third-order valence-electron chi connectivity index (χ3n) is 3.60. The minimum atomic E-state index is -0.951. The molecular weight excluding hydrogens is 296 g/mol. The number of hydrogen-bond donors (Lipinski definition) is 2. The van der Waals surface area contributed by atoms with Crippen LogP contribution < -0.4 is 5.73 Å². The Labute approximate surface area is 127 Å². The van der Waals surface area contributed by atoms with Gasteiger partial charge in [0.1, 0.15) is 11.6 Å². The van der Waals surface area contributed by atoms with Gasteiger partial charge in [-0.25, -0.2) is 8.78 Å². The minimum Gasteiger partial charge on any atom is -0.395 e. The zero-order chi connectivity index (χ0) is 15.5. The molecule has 0 aliphatic rings. The van der Waals surface area contributed by atoms with E-state index in [-0.39, 0.29) is 13.2 Å². The van der Waals surface area contributed by atoms with Gasteiger partial charge in [-0.15, -0.1) is 0 Å². The van der Waals surface area contributed by atoms with Crippen molar-refractivity contribution in [3.63, 3.8) is 0 Å². The largest absolute Gasteiger partial charge is 0.395 e. The lowest BCUT2D eigenvalue weighted by molar-refractivity contribution is 0.195. The van der Waals surface area contributed by atoms with E-state index in [1.807, 2.05) is 6.07 Å². The van der Waals surface area contributed by atoms with Gasteiger partial charge >= 0.3 is 0 Å². The Balaban J connectivity index is 2.44. The van der Waals surface area contributed by atoms with Crippen LogP contribution in [0.2, 0.25) is 5.02 Å². The highest BCUT2D eigenvalue weighted by Gasteiger charge is 2.31. The molecular formula is C16H16ClF2NO. The van der Waals surface area contributed by atoms with Gasteiger partial charge in [0.2, 0.25) is 0 Å². The smallest absolute Gasteiger partial charge is 0.126 e. The summed E-state index contributed by atoms with van der Waals surface area (Å²) in [6.45, 7) is -0.266. The molecule has 1 atom stereocenters. The van der Waals surface area contributed by atoms with E-state index in [2.05, 4.69) is 0 Å². The fourth-order valence-corrected chi connectivity index (χ4v) is 2.61. The molecule has 0 saturated heterocycles. The van der Waals surface area contributed by atoms with Gasteiger partial charge in [-0.05, 0) is 41.8 Å². The summed E-state index contributed by atoms with van der Waals surface area (Å²) in [6.07, 6.45) is 0.337. The fraction of sp³-hybridized carbons (Fsp3) is 0.250. The average Bonchev–Trinajstić information content (AvgIpc) is 2.44. The summed E-state index contributed by atoms with van der Waals surface area (Å²) in [7, 11) is 0. The number of nitrogens with two attached hydrogens (primary N) is 1. The molecule has 2 aromatic carbocycles. The van der Waals surface area contributed by atoms with E-state index >= 15 is 0 Å². The highest BCUT2D eigenvalue weighted by molar-refractivity contribution is 6.30. The van der Waals surface area contributed by atoms with Gasteiger partial charge in [-0.1, -0.05) is 23.7 Å². The molecule has 0 saturated carbocycles. The van der Waals surface area contributed by atoms with Gasteiger partial charge in [0, 0.05) is 23.0 Å². The van der Waals surface area contributed by atoms with Crippen molar-refractivity contribution in [3.8, 4) is 0 Å². The Bertz CT molecular complexity index is 609. The van der Waals surface area contributed by atoms with Crippen molar-refractivity contribution >= 4 is 11.6 Å². The summed E-state index contributed by atoms with van der Waals surface area (Å²) >= 11 is 5.94. The van der Waals surface area contributed by atoms with Gasteiger partial charge in [0.25, 0.3) is 0 Å². The van der Waals surface area contributed by atoms with Crippen LogP contribution in [0, 0.1) is 11.6 Å². The lowest BCUT2D eigenvalue weighted by Gasteiger charge is -2.31. The van der Waals surface area contributed by atoms with Gasteiger partial charge < -0.3 is 10.8 Å². The summed E-state index contributed by atoms with van der Waals surface area (Å²) < 4.78 is 26.9. The lowest BCUT2D eigenvalue weighted by atomic mass is 9.76. The molecule has 0 bridgehead atoms. The van der Waals surface area contributed by atoms with Crippen molar-refractivity contribution in [1.82, 2.24) is 0 Å². The maximum Gasteiger partial charge on any atom is 0.126 e. The van der Waals surface area contributed by atoms with E-state index in [9.17, 15) is 13.9 Å². The normalized spacial score (nSPS) is 14.0. The van der Waals surface area contributed by atoms with Crippen LogP contribution in [0.25, 0.3) is 0 Å². The van der Waals surface area contributed by atoms with Crippen LogP contribution in [0.1, 0.15) is 11.1 Å². The Morgan fingerprint density at radius 2 is 1.76 bits per heavy atom. The van der Waals surface area contributed by atoms with Crippen molar-refractivity contribution < 1.29 is 13.9 Å². The van der Waals surface area contributed by atoms with Crippen molar-refractivity contribution in [1.29, 1.82) is 0 Å². The third-order valence-corrected chi connectivity index (χ3v) is 3.83. The lowest BCUT2D eigenvalue weighted by Crippen LogP contribution is -2.41. The van der Waals surface area contributed by atoms with E-state index in [1.54, 1.807) is 18.2 Å². The molecule has 0 amide bonds. The summed E-state index contributed by atoms with van der Waals surface area (Å²) in [5, 5.41) is 10.3. The maximum absolute atomic E-state index is 13.5. The molecule has 1 unspecified atom stereocenters. The van der Waals surface area contributed by atoms with Crippen molar-refractivity contribution in [2.24, 2.45) is 5.73 Å². The molecule has 0 radical (unpaired) electrons. The van der Waals surface area contributed by atoms with E-state index < -0.39 is 17.0 Å². The zero-order valence-electron chi connectivity index (χ0n) is 11.3. The molecule has 0 heterocycles. The number of aliphatic hydroxyl groups excluding tert-OH is 1. The Morgan fingerprint density at radius 1 is 1.10 bits per heavy atom. The molecule has 2 nitrogen and oxygen atoms in total. The standard InChI is InChI=1S/C16H16ClF2NO/c17-13-3-1-2-11(4-13)8-16(9-20,10-21)12-5-14(18)7-15(19)6-12/h1-7,21H,8-10,20H2. The number of benzene rings is 2. The summed E-state index contributed by atoms with van der Waals surface area (Å²) in [5.41, 5.74) is 6.03. The quantitative estimate of drug-likeness (QED) is 0.891. The molecule has 0 aliphatic carbocycles. The van der Waals surface area contributed by atoms with Crippen LogP contribution in [-0.4, -0.2) is 18.3 Å². The van der Waals surface area contributed by atoms with Crippen molar-refractivity contribution in [2.75, 3.05) is 13.2 Å². The van der Waals surface area contributed by atoms with Crippen LogP contribution >= 0.6 is 11.6 Å². The van der Waals surface area contributed by atoms with Crippen LogP contribution in [0.4, 0.5) is 8.78 Å². The number of halogens is 3. The highest BCUT2D eigenvalue weighted by Crippen LogP contribution is 2.29.